The molecule has 1 amide bonds. The Morgan fingerprint density at radius 2 is 1.93 bits per heavy atom. The molecule has 0 heterocycles. The van der Waals surface area contributed by atoms with Crippen LogP contribution in [0.4, 0.5) is 18.9 Å². The maximum absolute atomic E-state index is 12.7. The fourth-order valence-electron chi connectivity index (χ4n) is 2.07. The number of nitrogens with one attached hydrogen (secondary N) is 1. The average Bonchev–Trinajstić information content (AvgIpc) is 2.64. The van der Waals surface area contributed by atoms with Crippen molar-refractivity contribution in [3.8, 4) is 24.2 Å². The fraction of sp³-hybridized carbons (Fsp3) is 0.100. The smallest absolute Gasteiger partial charge is 0.416 e. The molecule has 2 rings (SSSR count). The Hall–Kier alpha value is -3.71. The molecule has 1 N–H and O–H groups in total. The molecule has 0 atom stereocenters. The van der Waals surface area contributed by atoms with Crippen LogP contribution in [0.3, 0.4) is 0 Å². The highest BCUT2D eigenvalue weighted by Gasteiger charge is 2.30. The average molecular weight is 370 g/mol. The van der Waals surface area contributed by atoms with Crippen molar-refractivity contribution < 1.29 is 22.7 Å². The van der Waals surface area contributed by atoms with Gasteiger partial charge in [0.15, 0.2) is 0 Å². The summed E-state index contributed by atoms with van der Waals surface area (Å²) in [7, 11) is 0. The number of halogens is 3. The molecule has 0 fully saturated rings. The van der Waals surface area contributed by atoms with E-state index in [4.69, 9.17) is 11.2 Å². The van der Waals surface area contributed by atoms with E-state index in [9.17, 15) is 23.2 Å². The Labute approximate surface area is 153 Å². The Kier molecular flexibility index (Phi) is 6.24. The molecule has 0 spiro atoms. The molecule has 0 saturated carbocycles. The van der Waals surface area contributed by atoms with Gasteiger partial charge in [-0.3, -0.25) is 4.79 Å². The summed E-state index contributed by atoms with van der Waals surface area (Å²) in [5.41, 5.74) is -0.678. The number of nitrogens with zero attached hydrogens (tertiary/aromatic N) is 1. The Morgan fingerprint density at radius 3 is 2.52 bits per heavy atom. The zero-order chi connectivity index (χ0) is 19.9. The van der Waals surface area contributed by atoms with Crippen molar-refractivity contribution in [1.82, 2.24) is 0 Å². The van der Waals surface area contributed by atoms with Crippen molar-refractivity contribution in [2.24, 2.45) is 0 Å². The van der Waals surface area contributed by atoms with Crippen molar-refractivity contribution >= 4 is 17.7 Å². The normalized spacial score (nSPS) is 11.2. The van der Waals surface area contributed by atoms with E-state index in [-0.39, 0.29) is 17.9 Å². The summed E-state index contributed by atoms with van der Waals surface area (Å²) < 4.78 is 43.4. The molecule has 27 heavy (non-hydrogen) atoms. The maximum atomic E-state index is 12.7. The first kappa shape index (κ1) is 19.6. The van der Waals surface area contributed by atoms with Crippen LogP contribution in [0, 0.1) is 23.7 Å². The van der Waals surface area contributed by atoms with Gasteiger partial charge >= 0.3 is 6.18 Å². The molecule has 0 saturated heterocycles. The highest BCUT2D eigenvalue weighted by Crippen LogP contribution is 2.30. The lowest BCUT2D eigenvalue weighted by Gasteiger charge is -2.09. The molecule has 0 unspecified atom stereocenters. The number of alkyl halides is 3. The lowest BCUT2D eigenvalue weighted by molar-refractivity contribution is -0.137. The number of amides is 1. The summed E-state index contributed by atoms with van der Waals surface area (Å²) in [5.74, 6) is 2.03. The van der Waals surface area contributed by atoms with Crippen LogP contribution >= 0.6 is 0 Å². The third-order valence-electron chi connectivity index (χ3n) is 3.33. The molecular weight excluding hydrogens is 357 g/mol. The molecule has 4 nitrogen and oxygen atoms in total. The zero-order valence-corrected chi connectivity index (χ0v) is 13.9. The van der Waals surface area contributed by atoms with Gasteiger partial charge in [0.05, 0.1) is 5.56 Å². The Morgan fingerprint density at radius 1 is 1.22 bits per heavy atom. The van der Waals surface area contributed by atoms with Gasteiger partial charge in [-0.2, -0.15) is 18.4 Å². The van der Waals surface area contributed by atoms with E-state index in [1.807, 2.05) is 0 Å². The standard InChI is InChI=1S/C20H13F3N2O2/c1-2-10-27-18-8-6-14(7-9-18)11-15(13-24)19(26)25-17-5-3-4-16(12-17)20(21,22)23/h1,3-9,11-12H,10H2,(H,25,26)/b15-11+. The van der Waals surface area contributed by atoms with Crippen LogP contribution in [0.1, 0.15) is 11.1 Å². The second kappa shape index (κ2) is 8.59. The fourth-order valence-corrected chi connectivity index (χ4v) is 2.07. The number of hydrogen-bond acceptors (Lipinski definition) is 3. The van der Waals surface area contributed by atoms with Crippen molar-refractivity contribution in [3.63, 3.8) is 0 Å². The highest BCUT2D eigenvalue weighted by molar-refractivity contribution is 6.09. The van der Waals surface area contributed by atoms with Gasteiger partial charge in [-0.05, 0) is 42.0 Å². The Balaban J connectivity index is 2.15. The molecule has 0 aliphatic heterocycles. The first-order chi connectivity index (χ1) is 12.8. The summed E-state index contributed by atoms with van der Waals surface area (Å²) in [6.45, 7) is 0.109. The van der Waals surface area contributed by atoms with Crippen molar-refractivity contribution in [1.29, 1.82) is 5.26 Å². The monoisotopic (exact) mass is 370 g/mol. The number of rotatable bonds is 5. The van der Waals surface area contributed by atoms with Crippen LogP contribution < -0.4 is 10.1 Å². The lowest BCUT2D eigenvalue weighted by atomic mass is 10.1. The summed E-state index contributed by atoms with van der Waals surface area (Å²) in [5, 5.41) is 11.5. The van der Waals surface area contributed by atoms with E-state index in [0.717, 1.165) is 12.1 Å². The van der Waals surface area contributed by atoms with Crippen LogP contribution in [-0.4, -0.2) is 12.5 Å². The largest absolute Gasteiger partial charge is 0.481 e. The SMILES string of the molecule is C#CCOc1ccc(/C=C(\C#N)C(=O)Nc2cccc(C(F)(F)F)c2)cc1. The van der Waals surface area contributed by atoms with Gasteiger partial charge in [-0.1, -0.05) is 24.1 Å². The number of carbonyl (C=O) groups is 1. The molecule has 136 valence electrons. The predicted octanol–water partition coefficient (Wildman–Crippen LogP) is 4.26. The summed E-state index contributed by atoms with van der Waals surface area (Å²) >= 11 is 0. The van der Waals surface area contributed by atoms with Gasteiger partial charge < -0.3 is 10.1 Å². The van der Waals surface area contributed by atoms with E-state index in [1.165, 1.54) is 18.2 Å². The number of anilines is 1. The number of benzene rings is 2. The number of hydrogen-bond donors (Lipinski definition) is 1. The van der Waals surface area contributed by atoms with Gasteiger partial charge in [0.25, 0.3) is 5.91 Å². The first-order valence-electron chi connectivity index (χ1n) is 7.60. The Bertz CT molecular complexity index is 933. The molecule has 0 radical (unpaired) electrons. The zero-order valence-electron chi connectivity index (χ0n) is 13.9. The third-order valence-corrected chi connectivity index (χ3v) is 3.33. The van der Waals surface area contributed by atoms with Gasteiger partial charge in [0.1, 0.15) is 24.0 Å². The lowest BCUT2D eigenvalue weighted by Crippen LogP contribution is -2.14. The van der Waals surface area contributed by atoms with E-state index in [2.05, 4.69) is 11.2 Å². The van der Waals surface area contributed by atoms with E-state index in [0.29, 0.717) is 11.3 Å². The van der Waals surface area contributed by atoms with Gasteiger partial charge in [-0.15, -0.1) is 6.42 Å². The number of carbonyl (C=O) groups excluding carboxylic acids is 1. The molecule has 0 bridgehead atoms. The number of terminal acetylenes is 1. The van der Waals surface area contributed by atoms with Crippen molar-refractivity contribution in [2.75, 3.05) is 11.9 Å². The number of ether oxygens (including phenoxy) is 1. The minimum absolute atomic E-state index is 0.0611. The number of nitriles is 1. The predicted molar refractivity (Wildman–Crippen MR) is 94.4 cm³/mol. The third kappa shape index (κ3) is 5.65. The topological polar surface area (TPSA) is 62.1 Å². The molecular formula is C20H13F3N2O2. The van der Waals surface area contributed by atoms with Crippen molar-refractivity contribution in [3.05, 3.63) is 65.2 Å². The summed E-state index contributed by atoms with van der Waals surface area (Å²) in [4.78, 5) is 12.2. The van der Waals surface area contributed by atoms with Crippen LogP contribution in [0.25, 0.3) is 6.08 Å². The minimum Gasteiger partial charge on any atom is -0.481 e. The molecule has 0 aliphatic carbocycles. The van der Waals surface area contributed by atoms with Crippen LogP contribution in [0.15, 0.2) is 54.1 Å². The quantitative estimate of drug-likeness (QED) is 0.486. The summed E-state index contributed by atoms with van der Waals surface area (Å²) in [6, 6.07) is 12.3. The van der Waals surface area contributed by atoms with Crippen LogP contribution in [0.5, 0.6) is 5.75 Å². The molecule has 0 aliphatic rings. The van der Waals surface area contributed by atoms with E-state index >= 15 is 0 Å². The van der Waals surface area contributed by atoms with Crippen LogP contribution in [0.2, 0.25) is 0 Å². The van der Waals surface area contributed by atoms with Gasteiger partial charge in [0, 0.05) is 5.69 Å². The second-order valence-electron chi connectivity index (χ2n) is 5.26. The van der Waals surface area contributed by atoms with Gasteiger partial charge in [0.2, 0.25) is 0 Å². The highest BCUT2D eigenvalue weighted by atomic mass is 19.4. The first-order valence-corrected chi connectivity index (χ1v) is 7.60. The van der Waals surface area contributed by atoms with Crippen molar-refractivity contribution in [2.45, 2.75) is 6.18 Å². The molecule has 2 aromatic rings. The molecule has 7 heteroatoms. The van der Waals surface area contributed by atoms with Crippen LogP contribution in [-0.2, 0) is 11.0 Å². The second-order valence-corrected chi connectivity index (χ2v) is 5.26. The molecule has 0 aromatic heterocycles. The maximum Gasteiger partial charge on any atom is 0.416 e. The van der Waals surface area contributed by atoms with Gasteiger partial charge in [-0.25, -0.2) is 0 Å². The van der Waals surface area contributed by atoms with E-state index < -0.39 is 17.6 Å². The molecule has 2 aromatic carbocycles. The summed E-state index contributed by atoms with van der Waals surface area (Å²) in [6.07, 6.45) is 1.88. The van der Waals surface area contributed by atoms with E-state index in [1.54, 1.807) is 30.3 Å². The minimum atomic E-state index is -4.53.